The van der Waals surface area contributed by atoms with E-state index in [1.165, 1.54) is 72.7 Å². The molecule has 0 heterocycles. The fraction of sp³-hybridized carbons (Fsp3) is 0.111. The lowest BCUT2D eigenvalue weighted by Crippen LogP contribution is -2.25. The molecule has 0 radical (unpaired) electrons. The first-order chi connectivity index (χ1) is 27.3. The molecule has 3 aliphatic carbocycles. The lowest BCUT2D eigenvalue weighted by atomic mass is 9.78. The van der Waals surface area contributed by atoms with E-state index in [0.717, 1.165) is 25.7 Å². The summed E-state index contributed by atoms with van der Waals surface area (Å²) < 4.78 is 0. The Bertz CT molecular complexity index is 2460. The Kier molecular flexibility index (Phi) is 9.92. The maximum atomic E-state index is 2.53. The molecule has 1 nitrogen and oxygen atoms in total. The van der Waals surface area contributed by atoms with Crippen molar-refractivity contribution in [3.05, 3.63) is 246 Å². The standard InChI is InChI=1S/C54H45N/c1-6-17-40(18-7-1)42-29-31-48(32-30-42)55(49-33-35-51(43-21-10-3-11-22-43)53(38-49)44-23-12-4-13-24-44)50-34-36-52(54(39-50)45-25-14-5-15-26-45)47-28-16-27-46(37-47)41-19-8-2-9-20-41/h1-6,8-17,19-29,31,33-39,51,53H,7,18,30,32H2. The van der Waals surface area contributed by atoms with Crippen molar-refractivity contribution < 1.29 is 0 Å². The van der Waals surface area contributed by atoms with Crippen LogP contribution in [0, 0.1) is 0 Å². The van der Waals surface area contributed by atoms with Crippen LogP contribution in [0.1, 0.15) is 48.6 Å². The molecule has 2 atom stereocenters. The second-order valence-corrected chi connectivity index (χ2v) is 14.7. The highest BCUT2D eigenvalue weighted by Crippen LogP contribution is 2.44. The molecule has 6 aromatic rings. The van der Waals surface area contributed by atoms with Gasteiger partial charge in [0.2, 0.25) is 0 Å². The summed E-state index contributed by atoms with van der Waals surface area (Å²) in [4.78, 5) is 2.53. The summed E-state index contributed by atoms with van der Waals surface area (Å²) >= 11 is 0. The van der Waals surface area contributed by atoms with Crippen molar-refractivity contribution in [3.63, 3.8) is 0 Å². The van der Waals surface area contributed by atoms with Crippen LogP contribution in [0.3, 0.4) is 0 Å². The molecule has 0 saturated heterocycles. The zero-order valence-electron chi connectivity index (χ0n) is 31.1. The largest absolute Gasteiger partial charge is 0.315 e. The van der Waals surface area contributed by atoms with Gasteiger partial charge in [0, 0.05) is 28.9 Å². The second-order valence-electron chi connectivity index (χ2n) is 14.7. The van der Waals surface area contributed by atoms with Crippen LogP contribution < -0.4 is 4.90 Å². The van der Waals surface area contributed by atoms with Gasteiger partial charge >= 0.3 is 0 Å². The van der Waals surface area contributed by atoms with Gasteiger partial charge in [-0.2, -0.15) is 0 Å². The molecule has 266 valence electrons. The molecule has 0 fully saturated rings. The number of nitrogens with zero attached hydrogens (tertiary/aromatic N) is 1. The summed E-state index contributed by atoms with van der Waals surface area (Å²) in [5, 5.41) is 0. The van der Waals surface area contributed by atoms with Gasteiger partial charge in [-0.05, 0) is 112 Å². The van der Waals surface area contributed by atoms with Crippen LogP contribution in [0.25, 0.3) is 33.4 Å². The quantitative estimate of drug-likeness (QED) is 0.145. The number of hydrogen-bond donors (Lipinski definition) is 0. The van der Waals surface area contributed by atoms with E-state index in [1.54, 1.807) is 0 Å². The average molecular weight is 708 g/mol. The molecule has 0 N–H and O–H groups in total. The van der Waals surface area contributed by atoms with E-state index in [4.69, 9.17) is 0 Å². The highest BCUT2D eigenvalue weighted by Gasteiger charge is 2.28. The molecule has 9 rings (SSSR count). The van der Waals surface area contributed by atoms with E-state index < -0.39 is 0 Å². The van der Waals surface area contributed by atoms with Crippen LogP contribution in [0.4, 0.5) is 5.69 Å². The third-order valence-electron chi connectivity index (χ3n) is 11.3. The molecule has 0 spiro atoms. The van der Waals surface area contributed by atoms with Crippen LogP contribution in [-0.4, -0.2) is 0 Å². The van der Waals surface area contributed by atoms with E-state index >= 15 is 0 Å². The van der Waals surface area contributed by atoms with Crippen LogP contribution >= 0.6 is 0 Å². The SMILES string of the molecule is C1=CCCC(C2=CC=C(N(C3=CC(c4ccccc4)C(c4ccccc4)C=C3)c3ccc(-c4cccc(-c5ccccc5)c4)c(-c4ccccc4)c3)CC2)=C1. The molecular formula is C54H45N. The number of rotatable bonds is 9. The van der Waals surface area contributed by atoms with Crippen LogP contribution in [-0.2, 0) is 0 Å². The predicted octanol–water partition coefficient (Wildman–Crippen LogP) is 14.4. The Morgan fingerprint density at radius 3 is 1.76 bits per heavy atom. The molecular weight excluding hydrogens is 663 g/mol. The Labute approximate surface area is 326 Å². The number of anilines is 1. The molecule has 6 aromatic carbocycles. The summed E-state index contributed by atoms with van der Waals surface area (Å²) in [6, 6.07) is 59.6. The molecule has 0 aliphatic heterocycles. The Balaban J connectivity index is 1.19. The van der Waals surface area contributed by atoms with Crippen LogP contribution in [0.2, 0.25) is 0 Å². The maximum absolute atomic E-state index is 2.53. The van der Waals surface area contributed by atoms with Gasteiger partial charge in [0.05, 0.1) is 0 Å². The Hall–Kier alpha value is -6.44. The van der Waals surface area contributed by atoms with E-state index in [2.05, 4.69) is 217 Å². The predicted molar refractivity (Wildman–Crippen MR) is 233 cm³/mol. The van der Waals surface area contributed by atoms with Gasteiger partial charge in [-0.25, -0.2) is 0 Å². The topological polar surface area (TPSA) is 3.24 Å². The zero-order chi connectivity index (χ0) is 36.8. The van der Waals surface area contributed by atoms with Crippen molar-refractivity contribution in [2.24, 2.45) is 0 Å². The minimum Gasteiger partial charge on any atom is -0.315 e. The fourth-order valence-electron chi connectivity index (χ4n) is 8.49. The molecule has 0 saturated carbocycles. The number of allylic oxidation sites excluding steroid dienone is 11. The van der Waals surface area contributed by atoms with Gasteiger partial charge in [0.1, 0.15) is 0 Å². The van der Waals surface area contributed by atoms with Gasteiger partial charge in [-0.1, -0.05) is 182 Å². The normalized spacial score (nSPS) is 17.8. The first-order valence-electron chi connectivity index (χ1n) is 19.7. The van der Waals surface area contributed by atoms with Gasteiger partial charge in [-0.3, -0.25) is 0 Å². The molecule has 55 heavy (non-hydrogen) atoms. The molecule has 0 bridgehead atoms. The molecule has 1 heteroatoms. The first kappa shape index (κ1) is 34.3. The lowest BCUT2D eigenvalue weighted by molar-refractivity contribution is 0.717. The van der Waals surface area contributed by atoms with Crippen LogP contribution in [0.15, 0.2) is 235 Å². The van der Waals surface area contributed by atoms with Gasteiger partial charge in [-0.15, -0.1) is 0 Å². The minimum atomic E-state index is 0.189. The van der Waals surface area contributed by atoms with Crippen molar-refractivity contribution in [1.29, 1.82) is 0 Å². The average Bonchev–Trinajstić information content (AvgIpc) is 3.28. The summed E-state index contributed by atoms with van der Waals surface area (Å²) in [5.74, 6) is 0.431. The highest BCUT2D eigenvalue weighted by atomic mass is 15.2. The van der Waals surface area contributed by atoms with Crippen LogP contribution in [0.5, 0.6) is 0 Å². The van der Waals surface area contributed by atoms with Gasteiger partial charge < -0.3 is 4.90 Å². The monoisotopic (exact) mass is 707 g/mol. The lowest BCUT2D eigenvalue weighted by Gasteiger charge is -2.35. The van der Waals surface area contributed by atoms with Crippen molar-refractivity contribution in [2.45, 2.75) is 37.5 Å². The highest BCUT2D eigenvalue weighted by molar-refractivity contribution is 5.88. The van der Waals surface area contributed by atoms with Crippen molar-refractivity contribution in [3.8, 4) is 33.4 Å². The third kappa shape index (κ3) is 7.39. The maximum Gasteiger partial charge on any atom is 0.0464 e. The van der Waals surface area contributed by atoms with Crippen molar-refractivity contribution in [2.75, 3.05) is 4.90 Å². The van der Waals surface area contributed by atoms with E-state index in [-0.39, 0.29) is 11.8 Å². The summed E-state index contributed by atoms with van der Waals surface area (Å²) in [5.41, 5.74) is 16.6. The Morgan fingerprint density at radius 2 is 1.09 bits per heavy atom. The van der Waals surface area contributed by atoms with E-state index in [0.29, 0.717) is 0 Å². The molecule has 0 amide bonds. The summed E-state index contributed by atoms with van der Waals surface area (Å²) in [6.07, 6.45) is 23.1. The number of benzene rings is 6. The van der Waals surface area contributed by atoms with Gasteiger partial charge in [0.25, 0.3) is 0 Å². The van der Waals surface area contributed by atoms with E-state index in [1.807, 2.05) is 0 Å². The molecule has 0 aromatic heterocycles. The fourth-order valence-corrected chi connectivity index (χ4v) is 8.49. The van der Waals surface area contributed by atoms with E-state index in [9.17, 15) is 0 Å². The third-order valence-corrected chi connectivity index (χ3v) is 11.3. The van der Waals surface area contributed by atoms with Gasteiger partial charge in [0.15, 0.2) is 0 Å². The van der Waals surface area contributed by atoms with Crippen molar-refractivity contribution in [1.82, 2.24) is 0 Å². The minimum absolute atomic E-state index is 0.189. The number of hydrogen-bond acceptors (Lipinski definition) is 1. The molecule has 3 aliphatic rings. The zero-order valence-corrected chi connectivity index (χ0v) is 31.1. The smallest absolute Gasteiger partial charge is 0.0464 e. The second kappa shape index (κ2) is 15.9. The summed E-state index contributed by atoms with van der Waals surface area (Å²) in [6.45, 7) is 0. The first-order valence-corrected chi connectivity index (χ1v) is 19.7. The molecule has 2 unspecified atom stereocenters. The summed E-state index contributed by atoms with van der Waals surface area (Å²) in [7, 11) is 0. The van der Waals surface area contributed by atoms with Crippen molar-refractivity contribution >= 4 is 5.69 Å². The Morgan fingerprint density at radius 1 is 0.455 bits per heavy atom.